The molecule has 118 valence electrons. The van der Waals surface area contributed by atoms with Crippen LogP contribution in [-0.2, 0) is 13.5 Å². The van der Waals surface area contributed by atoms with E-state index in [4.69, 9.17) is 5.11 Å². The van der Waals surface area contributed by atoms with E-state index in [1.165, 1.54) is 0 Å². The number of aliphatic hydroxyl groups excluding tert-OH is 1. The van der Waals surface area contributed by atoms with E-state index >= 15 is 0 Å². The molecule has 0 aliphatic rings. The monoisotopic (exact) mass is 301 g/mol. The predicted molar refractivity (Wildman–Crippen MR) is 89.2 cm³/mol. The van der Waals surface area contributed by atoms with Crippen molar-refractivity contribution in [3.63, 3.8) is 0 Å². The maximum atomic E-state index is 9.11. The fraction of sp³-hybridized carbons (Fsp3) is 0.438. The third-order valence-corrected chi connectivity index (χ3v) is 3.93. The van der Waals surface area contributed by atoms with Gasteiger partial charge in [-0.3, -0.25) is 4.99 Å². The van der Waals surface area contributed by atoms with E-state index in [1.807, 2.05) is 44.8 Å². The molecular formula is C16H23N5O. The Bertz CT molecular complexity index is 742. The Labute approximate surface area is 130 Å². The zero-order chi connectivity index (χ0) is 16.3. The number of aryl methyl sites for hydroxylation is 1. The summed E-state index contributed by atoms with van der Waals surface area (Å²) < 4.78 is 1.92. The number of aromatic nitrogens is 3. The number of imidazole rings is 1. The van der Waals surface area contributed by atoms with Gasteiger partial charge in [0.15, 0.2) is 5.65 Å². The van der Waals surface area contributed by atoms with Crippen molar-refractivity contribution in [2.45, 2.75) is 20.3 Å². The summed E-state index contributed by atoms with van der Waals surface area (Å²) in [6.45, 7) is 4.13. The van der Waals surface area contributed by atoms with Crippen LogP contribution in [0.2, 0.25) is 0 Å². The van der Waals surface area contributed by atoms with Crippen molar-refractivity contribution in [2.24, 2.45) is 12.0 Å². The highest BCUT2D eigenvalue weighted by Crippen LogP contribution is 2.18. The Hall–Kier alpha value is -2.21. The lowest BCUT2D eigenvalue weighted by molar-refractivity contribution is 0.295. The summed E-state index contributed by atoms with van der Waals surface area (Å²) in [7, 11) is 5.59. The number of hydrogen-bond donors (Lipinski definition) is 2. The molecular weight excluding hydrogens is 278 g/mol. The van der Waals surface area contributed by atoms with Gasteiger partial charge in [-0.2, -0.15) is 0 Å². The van der Waals surface area contributed by atoms with Crippen LogP contribution in [0.1, 0.15) is 25.2 Å². The van der Waals surface area contributed by atoms with Crippen molar-refractivity contribution in [3.05, 3.63) is 34.9 Å². The van der Waals surface area contributed by atoms with Gasteiger partial charge in [0.25, 0.3) is 0 Å². The fourth-order valence-corrected chi connectivity index (χ4v) is 2.45. The second-order valence-electron chi connectivity index (χ2n) is 5.20. The van der Waals surface area contributed by atoms with Gasteiger partial charge < -0.3 is 15.0 Å². The van der Waals surface area contributed by atoms with Gasteiger partial charge in [0.1, 0.15) is 11.3 Å². The molecule has 2 N–H and O–H groups in total. The third-order valence-electron chi connectivity index (χ3n) is 3.93. The predicted octanol–water partition coefficient (Wildman–Crippen LogP) is 1.44. The van der Waals surface area contributed by atoms with E-state index in [-0.39, 0.29) is 6.61 Å². The maximum absolute atomic E-state index is 9.11. The molecule has 2 aromatic heterocycles. The summed E-state index contributed by atoms with van der Waals surface area (Å²) in [4.78, 5) is 13.5. The largest absolute Gasteiger partial charge is 0.396 e. The van der Waals surface area contributed by atoms with E-state index in [0.29, 0.717) is 6.42 Å². The van der Waals surface area contributed by atoms with Gasteiger partial charge in [0.2, 0.25) is 0 Å². The number of fused-ring (bicyclic) bond motifs is 1. The normalized spacial score (nSPS) is 13.5. The first kappa shape index (κ1) is 16.2. The Morgan fingerprint density at radius 2 is 2.14 bits per heavy atom. The Kier molecular flexibility index (Phi) is 4.92. The number of nitrogens with one attached hydrogen (secondary N) is 1. The molecule has 6 nitrogen and oxygen atoms in total. The zero-order valence-electron chi connectivity index (χ0n) is 13.8. The summed E-state index contributed by atoms with van der Waals surface area (Å²) in [6.07, 6.45) is 2.34. The summed E-state index contributed by atoms with van der Waals surface area (Å²) >= 11 is 0. The maximum Gasteiger partial charge on any atom is 0.159 e. The van der Waals surface area contributed by atoms with Crippen LogP contribution in [-0.4, -0.2) is 46.1 Å². The van der Waals surface area contributed by atoms with Crippen LogP contribution in [0.15, 0.2) is 28.5 Å². The SMILES string of the molecule is C/N=C(\C(C)=C(/C)NC)c1cnc2c(c1)nc(CCO)n2C. The van der Waals surface area contributed by atoms with Gasteiger partial charge >= 0.3 is 0 Å². The number of rotatable bonds is 5. The van der Waals surface area contributed by atoms with Crippen LogP contribution in [0, 0.1) is 0 Å². The van der Waals surface area contributed by atoms with Crippen LogP contribution in [0.4, 0.5) is 0 Å². The van der Waals surface area contributed by atoms with Crippen molar-refractivity contribution >= 4 is 16.9 Å². The van der Waals surface area contributed by atoms with Crippen molar-refractivity contribution in [1.29, 1.82) is 0 Å². The number of nitrogens with zero attached hydrogens (tertiary/aromatic N) is 4. The zero-order valence-corrected chi connectivity index (χ0v) is 13.8. The number of aliphatic hydroxyl groups is 1. The minimum absolute atomic E-state index is 0.0783. The summed E-state index contributed by atoms with van der Waals surface area (Å²) in [5.41, 5.74) is 5.63. The molecule has 0 amide bonds. The first-order chi connectivity index (χ1) is 10.5. The molecule has 0 fully saturated rings. The van der Waals surface area contributed by atoms with Crippen LogP contribution < -0.4 is 5.32 Å². The van der Waals surface area contributed by atoms with Crippen molar-refractivity contribution in [2.75, 3.05) is 20.7 Å². The molecule has 0 atom stereocenters. The molecule has 0 saturated heterocycles. The standard InChI is InChI=1S/C16H23N5O/c1-10(11(2)17-3)15(18-4)12-8-13-16(19-9-12)21(5)14(20-13)6-7-22/h8-9,17,22H,6-7H2,1-5H3/b11-10+,18-15+. The molecule has 0 aromatic carbocycles. The van der Waals surface area contributed by atoms with Crippen molar-refractivity contribution in [3.8, 4) is 0 Å². The molecule has 0 radical (unpaired) electrons. The topological polar surface area (TPSA) is 75.3 Å². The van der Waals surface area contributed by atoms with E-state index < -0.39 is 0 Å². The van der Waals surface area contributed by atoms with Gasteiger partial charge in [-0.05, 0) is 25.5 Å². The number of pyridine rings is 1. The summed E-state index contributed by atoms with van der Waals surface area (Å²) in [5, 5.41) is 12.3. The van der Waals surface area contributed by atoms with E-state index in [1.54, 1.807) is 7.05 Å². The molecule has 22 heavy (non-hydrogen) atoms. The average Bonchev–Trinajstić information content (AvgIpc) is 2.83. The van der Waals surface area contributed by atoms with Gasteiger partial charge in [0.05, 0.1) is 12.3 Å². The Morgan fingerprint density at radius 1 is 1.41 bits per heavy atom. The molecule has 0 unspecified atom stereocenters. The molecule has 0 saturated carbocycles. The van der Waals surface area contributed by atoms with Crippen LogP contribution in [0.5, 0.6) is 0 Å². The van der Waals surface area contributed by atoms with Gasteiger partial charge in [0, 0.05) is 45.0 Å². The van der Waals surface area contributed by atoms with Gasteiger partial charge in [-0.1, -0.05) is 0 Å². The average molecular weight is 301 g/mol. The first-order valence-electron chi connectivity index (χ1n) is 7.28. The number of hydrogen-bond acceptors (Lipinski definition) is 5. The Morgan fingerprint density at radius 3 is 2.73 bits per heavy atom. The minimum Gasteiger partial charge on any atom is -0.396 e. The van der Waals surface area contributed by atoms with Crippen LogP contribution in [0.3, 0.4) is 0 Å². The van der Waals surface area contributed by atoms with E-state index in [2.05, 4.69) is 20.3 Å². The third kappa shape index (κ3) is 2.87. The number of allylic oxidation sites excluding steroid dienone is 2. The van der Waals surface area contributed by atoms with Gasteiger partial charge in [-0.25, -0.2) is 9.97 Å². The molecule has 0 bridgehead atoms. The second-order valence-corrected chi connectivity index (χ2v) is 5.20. The molecule has 0 spiro atoms. The molecule has 0 aliphatic heterocycles. The lowest BCUT2D eigenvalue weighted by Crippen LogP contribution is -2.12. The second kappa shape index (κ2) is 6.70. The highest BCUT2D eigenvalue weighted by molar-refractivity contribution is 6.13. The highest BCUT2D eigenvalue weighted by Gasteiger charge is 2.13. The summed E-state index contributed by atoms with van der Waals surface area (Å²) in [6, 6.07) is 2.00. The molecule has 6 heteroatoms. The van der Waals surface area contributed by atoms with Crippen molar-refractivity contribution in [1.82, 2.24) is 19.9 Å². The quantitative estimate of drug-likeness (QED) is 0.819. The highest BCUT2D eigenvalue weighted by atomic mass is 16.3. The molecule has 2 rings (SSSR count). The summed E-state index contributed by atoms with van der Waals surface area (Å²) in [5.74, 6) is 0.829. The minimum atomic E-state index is 0.0783. The van der Waals surface area contributed by atoms with Gasteiger partial charge in [-0.15, -0.1) is 0 Å². The fourth-order valence-electron chi connectivity index (χ4n) is 2.45. The molecule has 0 aliphatic carbocycles. The van der Waals surface area contributed by atoms with Crippen LogP contribution in [0.25, 0.3) is 11.2 Å². The van der Waals surface area contributed by atoms with Crippen molar-refractivity contribution < 1.29 is 5.11 Å². The van der Waals surface area contributed by atoms with E-state index in [0.717, 1.165) is 39.5 Å². The Balaban J connectivity index is 2.53. The first-order valence-corrected chi connectivity index (χ1v) is 7.28. The van der Waals surface area contributed by atoms with E-state index in [9.17, 15) is 0 Å². The van der Waals surface area contributed by atoms with Crippen LogP contribution >= 0.6 is 0 Å². The molecule has 2 heterocycles. The number of aliphatic imine (C=N–C) groups is 1. The lowest BCUT2D eigenvalue weighted by Gasteiger charge is -2.10. The smallest absolute Gasteiger partial charge is 0.159 e. The molecule has 2 aromatic rings. The lowest BCUT2D eigenvalue weighted by atomic mass is 10.0.